The smallest absolute Gasteiger partial charge is 0.223 e. The molecule has 0 aromatic carbocycles. The van der Waals surface area contributed by atoms with Crippen molar-refractivity contribution in [1.29, 1.82) is 0 Å². The molecule has 1 amide bonds. The van der Waals surface area contributed by atoms with Crippen LogP contribution >= 0.6 is 11.6 Å². The van der Waals surface area contributed by atoms with E-state index in [0.29, 0.717) is 17.2 Å². The molecule has 0 saturated heterocycles. The second-order valence-electron chi connectivity index (χ2n) is 5.00. The highest BCUT2D eigenvalue weighted by Crippen LogP contribution is 2.29. The Labute approximate surface area is 96.8 Å². The Morgan fingerprint density at radius 1 is 1.20 bits per heavy atom. The van der Waals surface area contributed by atoms with Gasteiger partial charge in [-0.25, -0.2) is 0 Å². The molecule has 2 saturated carbocycles. The minimum absolute atomic E-state index is 0.283. The zero-order chi connectivity index (χ0) is 10.7. The van der Waals surface area contributed by atoms with E-state index in [4.69, 9.17) is 11.6 Å². The van der Waals surface area contributed by atoms with Gasteiger partial charge in [-0.2, -0.15) is 0 Å². The van der Waals surface area contributed by atoms with Gasteiger partial charge in [0.05, 0.1) is 0 Å². The van der Waals surface area contributed by atoms with Gasteiger partial charge in [0.1, 0.15) is 0 Å². The van der Waals surface area contributed by atoms with Crippen LogP contribution in [-0.2, 0) is 4.79 Å². The van der Waals surface area contributed by atoms with Crippen LogP contribution in [0.25, 0.3) is 0 Å². The highest BCUT2D eigenvalue weighted by molar-refractivity contribution is 6.20. The van der Waals surface area contributed by atoms with E-state index in [1.165, 1.54) is 19.3 Å². The Kier molecular flexibility index (Phi) is 3.90. The first-order chi connectivity index (χ1) is 7.25. The van der Waals surface area contributed by atoms with Crippen molar-refractivity contribution in [1.82, 2.24) is 5.32 Å². The van der Waals surface area contributed by atoms with Gasteiger partial charge in [0.25, 0.3) is 0 Å². The van der Waals surface area contributed by atoms with E-state index in [-0.39, 0.29) is 5.91 Å². The maximum Gasteiger partial charge on any atom is 0.223 e. The van der Waals surface area contributed by atoms with Crippen LogP contribution in [0.15, 0.2) is 0 Å². The van der Waals surface area contributed by atoms with Gasteiger partial charge in [0, 0.05) is 17.8 Å². The number of hydrogen-bond donors (Lipinski definition) is 1. The first-order valence-electron chi connectivity index (χ1n) is 6.17. The maximum absolute atomic E-state index is 11.7. The predicted octanol–water partition coefficient (Wildman–Crippen LogP) is 2.70. The highest BCUT2D eigenvalue weighted by Gasteiger charge is 2.26. The fourth-order valence-corrected chi connectivity index (χ4v) is 3.15. The number of halogens is 1. The molecule has 0 bridgehead atoms. The molecule has 0 heterocycles. The van der Waals surface area contributed by atoms with Gasteiger partial charge < -0.3 is 5.32 Å². The maximum atomic E-state index is 11.7. The number of hydrogen-bond acceptors (Lipinski definition) is 1. The molecule has 3 heteroatoms. The average molecular weight is 230 g/mol. The summed E-state index contributed by atoms with van der Waals surface area (Å²) in [5, 5.41) is 3.44. The van der Waals surface area contributed by atoms with E-state index in [1.807, 2.05) is 0 Å². The lowest BCUT2D eigenvalue weighted by atomic mass is 10.1. The van der Waals surface area contributed by atoms with Crippen molar-refractivity contribution in [3.63, 3.8) is 0 Å². The summed E-state index contributed by atoms with van der Waals surface area (Å²) in [4.78, 5) is 11.7. The first-order valence-corrected chi connectivity index (χ1v) is 6.61. The quantitative estimate of drug-likeness (QED) is 0.741. The van der Waals surface area contributed by atoms with Gasteiger partial charge >= 0.3 is 0 Å². The van der Waals surface area contributed by atoms with Gasteiger partial charge in [-0.1, -0.05) is 12.8 Å². The van der Waals surface area contributed by atoms with Gasteiger partial charge in [-0.3, -0.25) is 4.79 Å². The molecular formula is C12H20ClNO. The number of carbonyl (C=O) groups excluding carboxylic acids is 1. The van der Waals surface area contributed by atoms with Crippen molar-refractivity contribution in [3.8, 4) is 0 Å². The van der Waals surface area contributed by atoms with E-state index in [9.17, 15) is 4.79 Å². The van der Waals surface area contributed by atoms with Crippen LogP contribution in [-0.4, -0.2) is 17.8 Å². The molecule has 2 aliphatic rings. The third-order valence-corrected chi connectivity index (χ3v) is 4.16. The van der Waals surface area contributed by atoms with Crippen LogP contribution in [0.1, 0.15) is 44.9 Å². The summed E-state index contributed by atoms with van der Waals surface area (Å²) in [6.07, 6.45) is 8.01. The van der Waals surface area contributed by atoms with Crippen LogP contribution in [0.4, 0.5) is 0 Å². The van der Waals surface area contributed by atoms with E-state index in [0.717, 1.165) is 32.2 Å². The number of amides is 1. The molecule has 2 atom stereocenters. The van der Waals surface area contributed by atoms with Crippen molar-refractivity contribution < 1.29 is 4.79 Å². The average Bonchev–Trinajstić information content (AvgIpc) is 2.84. The number of alkyl halides is 1. The third kappa shape index (κ3) is 3.10. The summed E-state index contributed by atoms with van der Waals surface area (Å²) < 4.78 is 0. The monoisotopic (exact) mass is 229 g/mol. The van der Waals surface area contributed by atoms with Crippen LogP contribution in [0.2, 0.25) is 0 Å². The topological polar surface area (TPSA) is 29.1 Å². The summed E-state index contributed by atoms with van der Waals surface area (Å²) in [6, 6.07) is 0. The molecule has 0 aromatic rings. The molecule has 2 fully saturated rings. The van der Waals surface area contributed by atoms with Crippen molar-refractivity contribution in [3.05, 3.63) is 0 Å². The molecule has 2 nitrogen and oxygen atoms in total. The van der Waals surface area contributed by atoms with Gasteiger partial charge in [-0.15, -0.1) is 11.6 Å². The van der Waals surface area contributed by atoms with E-state index < -0.39 is 0 Å². The first kappa shape index (κ1) is 11.3. The van der Waals surface area contributed by atoms with Crippen molar-refractivity contribution in [2.75, 3.05) is 6.54 Å². The molecule has 15 heavy (non-hydrogen) atoms. The molecule has 2 rings (SSSR count). The summed E-state index contributed by atoms with van der Waals surface area (Å²) in [5.41, 5.74) is 0. The largest absolute Gasteiger partial charge is 0.356 e. The fourth-order valence-electron chi connectivity index (χ4n) is 2.78. The Hall–Kier alpha value is -0.240. The fraction of sp³-hybridized carbons (Fsp3) is 0.917. The molecule has 86 valence electrons. The Morgan fingerprint density at radius 3 is 2.53 bits per heavy atom. The minimum atomic E-state index is 0.283. The van der Waals surface area contributed by atoms with Crippen LogP contribution < -0.4 is 5.32 Å². The SMILES string of the molecule is O=C(NCC1CCC(Cl)C1)C1CCCC1. The molecule has 0 spiro atoms. The number of rotatable bonds is 3. The zero-order valence-electron chi connectivity index (χ0n) is 9.18. The molecule has 1 N–H and O–H groups in total. The Bertz CT molecular complexity index is 226. The standard InChI is InChI=1S/C12H20ClNO/c13-11-6-5-9(7-11)8-14-12(15)10-3-1-2-4-10/h9-11H,1-8H2,(H,14,15). The minimum Gasteiger partial charge on any atom is -0.356 e. The molecule has 0 aromatic heterocycles. The zero-order valence-corrected chi connectivity index (χ0v) is 9.93. The summed E-state index contributed by atoms with van der Waals surface area (Å²) >= 11 is 6.04. The molecule has 0 aliphatic heterocycles. The van der Waals surface area contributed by atoms with Crippen LogP contribution in [0, 0.1) is 11.8 Å². The summed E-state index contributed by atoms with van der Waals surface area (Å²) in [6.45, 7) is 0.846. The van der Waals surface area contributed by atoms with Gasteiger partial charge in [-0.05, 0) is 38.0 Å². The van der Waals surface area contributed by atoms with Crippen LogP contribution in [0.3, 0.4) is 0 Å². The number of carbonyl (C=O) groups is 1. The van der Waals surface area contributed by atoms with Crippen molar-refractivity contribution >= 4 is 17.5 Å². The second-order valence-corrected chi connectivity index (χ2v) is 5.62. The van der Waals surface area contributed by atoms with Crippen LogP contribution in [0.5, 0.6) is 0 Å². The molecule has 2 unspecified atom stereocenters. The molecular weight excluding hydrogens is 210 g/mol. The Balaban J connectivity index is 1.66. The summed E-state index contributed by atoms with van der Waals surface area (Å²) in [7, 11) is 0. The Morgan fingerprint density at radius 2 is 1.93 bits per heavy atom. The van der Waals surface area contributed by atoms with Gasteiger partial charge in [0.2, 0.25) is 5.91 Å². The van der Waals surface area contributed by atoms with E-state index >= 15 is 0 Å². The molecule has 0 radical (unpaired) electrons. The number of nitrogens with one attached hydrogen (secondary N) is 1. The lowest BCUT2D eigenvalue weighted by Crippen LogP contribution is -2.32. The molecule has 2 aliphatic carbocycles. The summed E-state index contributed by atoms with van der Waals surface area (Å²) in [5.74, 6) is 1.21. The highest BCUT2D eigenvalue weighted by atomic mass is 35.5. The lowest BCUT2D eigenvalue weighted by molar-refractivity contribution is -0.124. The normalized spacial score (nSPS) is 32.1. The predicted molar refractivity (Wildman–Crippen MR) is 61.9 cm³/mol. The van der Waals surface area contributed by atoms with Gasteiger partial charge in [0.15, 0.2) is 0 Å². The van der Waals surface area contributed by atoms with E-state index in [1.54, 1.807) is 0 Å². The van der Waals surface area contributed by atoms with Crippen molar-refractivity contribution in [2.24, 2.45) is 11.8 Å². The third-order valence-electron chi connectivity index (χ3n) is 3.77. The van der Waals surface area contributed by atoms with Crippen molar-refractivity contribution in [2.45, 2.75) is 50.3 Å². The lowest BCUT2D eigenvalue weighted by Gasteiger charge is -2.13. The van der Waals surface area contributed by atoms with E-state index in [2.05, 4.69) is 5.32 Å². The second kappa shape index (κ2) is 5.20.